The minimum Gasteiger partial charge on any atom is -0.493 e. The highest BCUT2D eigenvalue weighted by atomic mass is 16.5. The molecular weight excluding hydrogens is 194 g/mol. The second-order valence-corrected chi connectivity index (χ2v) is 3.69. The lowest BCUT2D eigenvalue weighted by Crippen LogP contribution is -2.28. The summed E-state index contributed by atoms with van der Waals surface area (Å²) in [6.45, 7) is 4.81. The van der Waals surface area contributed by atoms with Gasteiger partial charge in [0.1, 0.15) is 11.3 Å². The second kappa shape index (κ2) is 4.63. The molecule has 1 aromatic heterocycles. The predicted octanol–water partition coefficient (Wildman–Crippen LogP) is 0.468. The third kappa shape index (κ3) is 2.30. The fourth-order valence-electron chi connectivity index (χ4n) is 1.70. The van der Waals surface area contributed by atoms with Gasteiger partial charge < -0.3 is 15.6 Å². The van der Waals surface area contributed by atoms with Crippen molar-refractivity contribution < 1.29 is 9.84 Å². The average Bonchev–Trinajstić information content (AvgIpc) is 2.60. The van der Waals surface area contributed by atoms with Crippen molar-refractivity contribution in [2.45, 2.75) is 32.4 Å². The zero-order valence-corrected chi connectivity index (χ0v) is 9.53. The third-order valence-corrected chi connectivity index (χ3v) is 2.47. The summed E-state index contributed by atoms with van der Waals surface area (Å²) in [4.78, 5) is 0. The normalized spacial score (nSPS) is 15.0. The maximum absolute atomic E-state index is 10.3. The SMILES string of the molecule is CCn1ncc(OC)c1C(C)(O)CCN. The molecule has 1 unspecified atom stereocenters. The Morgan fingerprint density at radius 2 is 2.33 bits per heavy atom. The van der Waals surface area contributed by atoms with Crippen LogP contribution in [-0.2, 0) is 12.1 Å². The highest BCUT2D eigenvalue weighted by molar-refractivity contribution is 5.30. The molecule has 0 fully saturated rings. The molecule has 86 valence electrons. The minimum absolute atomic E-state index is 0.422. The molecule has 3 N–H and O–H groups in total. The molecule has 1 aromatic rings. The van der Waals surface area contributed by atoms with Gasteiger partial charge in [-0.05, 0) is 26.8 Å². The van der Waals surface area contributed by atoms with Crippen LogP contribution in [0.5, 0.6) is 5.75 Å². The number of aromatic nitrogens is 2. The van der Waals surface area contributed by atoms with E-state index in [0.717, 1.165) is 0 Å². The van der Waals surface area contributed by atoms with Gasteiger partial charge >= 0.3 is 0 Å². The quantitative estimate of drug-likeness (QED) is 0.745. The minimum atomic E-state index is -0.993. The first kappa shape index (κ1) is 12.0. The van der Waals surface area contributed by atoms with Gasteiger partial charge in [-0.1, -0.05) is 0 Å². The van der Waals surface area contributed by atoms with Crippen molar-refractivity contribution in [3.8, 4) is 5.75 Å². The molecule has 0 aromatic carbocycles. The topological polar surface area (TPSA) is 73.3 Å². The van der Waals surface area contributed by atoms with E-state index in [2.05, 4.69) is 5.10 Å². The summed E-state index contributed by atoms with van der Waals surface area (Å²) in [5.74, 6) is 0.607. The Morgan fingerprint density at radius 3 is 2.80 bits per heavy atom. The van der Waals surface area contributed by atoms with E-state index < -0.39 is 5.60 Å². The molecule has 0 aliphatic carbocycles. The largest absolute Gasteiger partial charge is 0.493 e. The number of nitrogens with zero attached hydrogens (tertiary/aromatic N) is 2. The van der Waals surface area contributed by atoms with E-state index >= 15 is 0 Å². The predicted molar refractivity (Wildman–Crippen MR) is 57.7 cm³/mol. The van der Waals surface area contributed by atoms with Gasteiger partial charge in [-0.2, -0.15) is 5.10 Å². The lowest BCUT2D eigenvalue weighted by molar-refractivity contribution is 0.0385. The Balaban J connectivity index is 3.13. The summed E-state index contributed by atoms with van der Waals surface area (Å²) in [5.41, 5.74) is 5.17. The molecule has 0 bridgehead atoms. The van der Waals surface area contributed by atoms with Gasteiger partial charge in [-0.3, -0.25) is 4.68 Å². The Morgan fingerprint density at radius 1 is 1.67 bits per heavy atom. The van der Waals surface area contributed by atoms with Crippen LogP contribution in [0.4, 0.5) is 0 Å². The van der Waals surface area contributed by atoms with E-state index in [1.54, 1.807) is 24.9 Å². The van der Waals surface area contributed by atoms with Crippen molar-refractivity contribution in [2.75, 3.05) is 13.7 Å². The molecule has 0 saturated carbocycles. The molecule has 5 nitrogen and oxygen atoms in total. The van der Waals surface area contributed by atoms with E-state index in [1.165, 1.54) is 0 Å². The lowest BCUT2D eigenvalue weighted by Gasteiger charge is -2.24. The van der Waals surface area contributed by atoms with E-state index in [-0.39, 0.29) is 0 Å². The van der Waals surface area contributed by atoms with Gasteiger partial charge in [0.25, 0.3) is 0 Å². The van der Waals surface area contributed by atoms with Crippen LogP contribution in [-0.4, -0.2) is 28.5 Å². The van der Waals surface area contributed by atoms with Crippen LogP contribution >= 0.6 is 0 Å². The van der Waals surface area contributed by atoms with Crippen LogP contribution < -0.4 is 10.5 Å². The Labute approximate surface area is 89.8 Å². The molecular formula is C10H19N3O2. The molecule has 0 amide bonds. The zero-order chi connectivity index (χ0) is 11.5. The van der Waals surface area contributed by atoms with Gasteiger partial charge in [0.2, 0.25) is 0 Å². The average molecular weight is 213 g/mol. The number of rotatable bonds is 5. The van der Waals surface area contributed by atoms with Crippen LogP contribution in [0.25, 0.3) is 0 Å². The summed E-state index contributed by atoms with van der Waals surface area (Å²) in [5, 5.41) is 14.4. The lowest BCUT2D eigenvalue weighted by atomic mass is 9.97. The van der Waals surface area contributed by atoms with Crippen LogP contribution in [0.15, 0.2) is 6.20 Å². The number of hydrogen-bond donors (Lipinski definition) is 2. The van der Waals surface area contributed by atoms with Gasteiger partial charge in [0.05, 0.1) is 13.3 Å². The van der Waals surface area contributed by atoms with Crippen LogP contribution in [0.3, 0.4) is 0 Å². The molecule has 0 radical (unpaired) electrons. The first-order chi connectivity index (χ1) is 7.06. The Kier molecular flexibility index (Phi) is 3.71. The number of methoxy groups -OCH3 is 1. The van der Waals surface area contributed by atoms with Crippen molar-refractivity contribution in [1.82, 2.24) is 9.78 Å². The van der Waals surface area contributed by atoms with E-state index in [9.17, 15) is 5.11 Å². The van der Waals surface area contributed by atoms with Gasteiger partial charge in [-0.25, -0.2) is 0 Å². The smallest absolute Gasteiger partial charge is 0.162 e. The van der Waals surface area contributed by atoms with Gasteiger partial charge in [-0.15, -0.1) is 0 Å². The van der Waals surface area contributed by atoms with Crippen molar-refractivity contribution in [1.29, 1.82) is 0 Å². The number of hydrogen-bond acceptors (Lipinski definition) is 4. The zero-order valence-electron chi connectivity index (χ0n) is 9.53. The van der Waals surface area contributed by atoms with Crippen LogP contribution in [0.2, 0.25) is 0 Å². The summed E-state index contributed by atoms with van der Waals surface area (Å²) in [7, 11) is 1.57. The van der Waals surface area contributed by atoms with Crippen molar-refractivity contribution in [3.05, 3.63) is 11.9 Å². The van der Waals surface area contributed by atoms with Crippen LogP contribution in [0, 0.1) is 0 Å². The number of ether oxygens (including phenoxy) is 1. The first-order valence-electron chi connectivity index (χ1n) is 5.09. The summed E-state index contributed by atoms with van der Waals surface area (Å²) < 4.78 is 6.91. The second-order valence-electron chi connectivity index (χ2n) is 3.69. The van der Waals surface area contributed by atoms with Crippen molar-refractivity contribution in [2.24, 2.45) is 5.73 Å². The van der Waals surface area contributed by atoms with Gasteiger partial charge in [0, 0.05) is 6.54 Å². The number of nitrogens with two attached hydrogens (primary N) is 1. The Bertz CT molecular complexity index is 299. The number of aryl methyl sites for hydroxylation is 1. The highest BCUT2D eigenvalue weighted by Crippen LogP contribution is 2.31. The molecule has 15 heavy (non-hydrogen) atoms. The molecule has 1 rings (SSSR count). The van der Waals surface area contributed by atoms with E-state index in [4.69, 9.17) is 10.5 Å². The highest BCUT2D eigenvalue weighted by Gasteiger charge is 2.30. The summed E-state index contributed by atoms with van der Waals surface area (Å²) in [6.07, 6.45) is 2.10. The summed E-state index contributed by atoms with van der Waals surface area (Å²) in [6, 6.07) is 0. The van der Waals surface area contributed by atoms with E-state index in [1.807, 2.05) is 6.92 Å². The van der Waals surface area contributed by atoms with Gasteiger partial charge in [0.15, 0.2) is 5.75 Å². The first-order valence-corrected chi connectivity index (χ1v) is 5.09. The molecule has 0 saturated heterocycles. The molecule has 0 aliphatic heterocycles. The third-order valence-electron chi connectivity index (χ3n) is 2.47. The van der Waals surface area contributed by atoms with E-state index in [0.29, 0.717) is 31.0 Å². The van der Waals surface area contributed by atoms with Crippen LogP contribution in [0.1, 0.15) is 26.0 Å². The summed E-state index contributed by atoms with van der Waals surface area (Å²) >= 11 is 0. The molecule has 5 heteroatoms. The van der Waals surface area contributed by atoms with Crippen molar-refractivity contribution in [3.63, 3.8) is 0 Å². The molecule has 0 spiro atoms. The van der Waals surface area contributed by atoms with Crippen molar-refractivity contribution >= 4 is 0 Å². The standard InChI is InChI=1S/C10H19N3O2/c1-4-13-9(8(15-3)7-12-13)10(2,14)5-6-11/h7,14H,4-6,11H2,1-3H3. The maximum atomic E-state index is 10.3. The maximum Gasteiger partial charge on any atom is 0.162 e. The number of aliphatic hydroxyl groups is 1. The Hall–Kier alpha value is -1.07. The molecule has 0 aliphatic rings. The molecule has 1 heterocycles. The molecule has 1 atom stereocenters. The monoisotopic (exact) mass is 213 g/mol. The fraction of sp³-hybridized carbons (Fsp3) is 0.700. The fourth-order valence-corrected chi connectivity index (χ4v) is 1.70.